The van der Waals surface area contributed by atoms with Crippen molar-refractivity contribution in [1.29, 1.82) is 5.26 Å². The zero-order chi connectivity index (χ0) is 21.8. The van der Waals surface area contributed by atoms with Crippen molar-refractivity contribution in [3.8, 4) is 11.8 Å². The summed E-state index contributed by atoms with van der Waals surface area (Å²) in [7, 11) is 0. The number of nitrogens with zero attached hydrogens (tertiary/aromatic N) is 5. The Morgan fingerprint density at radius 3 is 2.52 bits per heavy atom. The number of carbonyl (C=O) groups excluding carboxylic acids is 2. The van der Waals surface area contributed by atoms with E-state index in [4.69, 9.17) is 11.0 Å². The number of benzene rings is 1. The minimum atomic E-state index is -0.773. The molecule has 2 amide bonds. The number of nitriles is 1. The molecule has 31 heavy (non-hydrogen) atoms. The van der Waals surface area contributed by atoms with Gasteiger partial charge in [0.25, 0.3) is 11.8 Å². The summed E-state index contributed by atoms with van der Waals surface area (Å²) in [6, 6.07) is 12.6. The molecule has 10 heteroatoms. The number of amides is 2. The summed E-state index contributed by atoms with van der Waals surface area (Å²) in [5.41, 5.74) is 7.70. The van der Waals surface area contributed by atoms with E-state index in [0.717, 1.165) is 31.9 Å². The molecule has 3 heterocycles. The van der Waals surface area contributed by atoms with Crippen molar-refractivity contribution in [1.82, 2.24) is 20.1 Å². The number of rotatable bonds is 5. The molecular weight excluding hydrogens is 396 g/mol. The molecule has 4 N–H and O–H groups in total. The first kappa shape index (κ1) is 20.1. The SMILES string of the molecule is N#Cc1ccnc(C(=O)Nc2cn(-c3ccc(N4CCNCC4)cc3)nc2C(N)=O)c1. The fourth-order valence-corrected chi connectivity index (χ4v) is 3.33. The van der Waals surface area contributed by atoms with Gasteiger partial charge < -0.3 is 21.3 Å². The molecule has 1 aliphatic rings. The minimum absolute atomic E-state index is 0.0441. The van der Waals surface area contributed by atoms with Crippen LogP contribution >= 0.6 is 0 Å². The number of primary amides is 1. The summed E-state index contributed by atoms with van der Waals surface area (Å²) in [4.78, 5) is 30.7. The highest BCUT2D eigenvalue weighted by Gasteiger charge is 2.19. The van der Waals surface area contributed by atoms with Crippen molar-refractivity contribution in [3.05, 3.63) is 65.7 Å². The van der Waals surface area contributed by atoms with Crippen LogP contribution in [0.3, 0.4) is 0 Å². The maximum absolute atomic E-state index is 12.5. The lowest BCUT2D eigenvalue weighted by Crippen LogP contribution is -2.43. The Morgan fingerprint density at radius 1 is 1.13 bits per heavy atom. The third-order valence-electron chi connectivity index (χ3n) is 4.91. The fourth-order valence-electron chi connectivity index (χ4n) is 3.33. The van der Waals surface area contributed by atoms with Crippen LogP contribution in [0.1, 0.15) is 26.5 Å². The summed E-state index contributed by atoms with van der Waals surface area (Å²) < 4.78 is 1.48. The van der Waals surface area contributed by atoms with Crippen LogP contribution in [-0.2, 0) is 0 Å². The van der Waals surface area contributed by atoms with Gasteiger partial charge in [0, 0.05) is 38.1 Å². The quantitative estimate of drug-likeness (QED) is 0.561. The molecule has 0 spiro atoms. The van der Waals surface area contributed by atoms with Crippen LogP contribution in [0.2, 0.25) is 0 Å². The largest absolute Gasteiger partial charge is 0.369 e. The fraction of sp³-hybridized carbons (Fsp3) is 0.190. The van der Waals surface area contributed by atoms with E-state index in [9.17, 15) is 9.59 Å². The van der Waals surface area contributed by atoms with Crippen molar-refractivity contribution >= 4 is 23.2 Å². The molecular formula is C21H20N8O2. The van der Waals surface area contributed by atoms with Crippen molar-refractivity contribution in [2.75, 3.05) is 36.4 Å². The summed E-state index contributed by atoms with van der Waals surface area (Å²) in [5.74, 6) is -1.35. The molecule has 2 aromatic heterocycles. The number of aromatic nitrogens is 3. The monoisotopic (exact) mass is 416 g/mol. The first-order chi connectivity index (χ1) is 15.0. The zero-order valence-electron chi connectivity index (χ0n) is 16.6. The number of nitrogens with one attached hydrogen (secondary N) is 2. The second kappa shape index (κ2) is 8.64. The Labute approximate surface area is 178 Å². The Morgan fingerprint density at radius 2 is 1.84 bits per heavy atom. The topological polar surface area (TPSA) is 142 Å². The molecule has 3 aromatic rings. The second-order valence-electron chi connectivity index (χ2n) is 6.95. The summed E-state index contributed by atoms with van der Waals surface area (Å²) in [6.45, 7) is 3.75. The lowest BCUT2D eigenvalue weighted by Gasteiger charge is -2.29. The Balaban J connectivity index is 1.57. The molecule has 1 fully saturated rings. The number of carbonyl (C=O) groups is 2. The smallest absolute Gasteiger partial charge is 0.274 e. The van der Waals surface area contributed by atoms with Crippen molar-refractivity contribution in [2.45, 2.75) is 0 Å². The van der Waals surface area contributed by atoms with E-state index in [0.29, 0.717) is 11.3 Å². The van der Waals surface area contributed by atoms with E-state index >= 15 is 0 Å². The molecule has 0 saturated carbocycles. The van der Waals surface area contributed by atoms with Gasteiger partial charge >= 0.3 is 0 Å². The van der Waals surface area contributed by atoms with Crippen molar-refractivity contribution < 1.29 is 9.59 Å². The Hall–Kier alpha value is -4.23. The third kappa shape index (κ3) is 4.36. The highest BCUT2D eigenvalue weighted by atomic mass is 16.2. The lowest BCUT2D eigenvalue weighted by molar-refractivity contribution is 0.0996. The van der Waals surface area contributed by atoms with Crippen LogP contribution in [0.4, 0.5) is 11.4 Å². The molecule has 0 radical (unpaired) electrons. The van der Waals surface area contributed by atoms with E-state index in [1.807, 2.05) is 30.3 Å². The van der Waals surface area contributed by atoms with Crippen LogP contribution < -0.4 is 21.3 Å². The average Bonchev–Trinajstić information content (AvgIpc) is 3.24. The predicted octanol–water partition coefficient (Wildman–Crippen LogP) is 0.900. The number of piperazine rings is 1. The van der Waals surface area contributed by atoms with Gasteiger partial charge in [-0.2, -0.15) is 10.4 Å². The number of anilines is 2. The van der Waals surface area contributed by atoms with Gasteiger partial charge in [-0.1, -0.05) is 0 Å². The lowest BCUT2D eigenvalue weighted by atomic mass is 10.2. The maximum atomic E-state index is 12.5. The van der Waals surface area contributed by atoms with E-state index in [-0.39, 0.29) is 17.1 Å². The van der Waals surface area contributed by atoms with Crippen molar-refractivity contribution in [3.63, 3.8) is 0 Å². The summed E-state index contributed by atoms with van der Waals surface area (Å²) >= 11 is 0. The van der Waals surface area contributed by atoms with Gasteiger partial charge in [0.1, 0.15) is 5.69 Å². The molecule has 1 aliphatic heterocycles. The maximum Gasteiger partial charge on any atom is 0.274 e. The summed E-state index contributed by atoms with van der Waals surface area (Å²) in [6.07, 6.45) is 2.89. The van der Waals surface area contributed by atoms with Crippen LogP contribution in [0.15, 0.2) is 48.8 Å². The van der Waals surface area contributed by atoms with Gasteiger partial charge in [-0.3, -0.25) is 14.6 Å². The van der Waals surface area contributed by atoms with Crippen LogP contribution in [0.25, 0.3) is 5.69 Å². The number of hydrogen-bond donors (Lipinski definition) is 3. The van der Waals surface area contributed by atoms with Gasteiger partial charge in [-0.15, -0.1) is 0 Å². The van der Waals surface area contributed by atoms with Crippen molar-refractivity contribution in [2.24, 2.45) is 5.73 Å². The Kier molecular flexibility index (Phi) is 5.59. The van der Waals surface area contributed by atoms with E-state index < -0.39 is 11.8 Å². The molecule has 4 rings (SSSR count). The molecule has 1 aromatic carbocycles. The van der Waals surface area contributed by atoms with Gasteiger partial charge in [-0.05, 0) is 36.4 Å². The highest BCUT2D eigenvalue weighted by molar-refractivity contribution is 6.07. The third-order valence-corrected chi connectivity index (χ3v) is 4.91. The van der Waals surface area contributed by atoms with E-state index in [2.05, 4.69) is 25.6 Å². The van der Waals surface area contributed by atoms with Crippen LogP contribution in [-0.4, -0.2) is 52.8 Å². The minimum Gasteiger partial charge on any atom is -0.369 e. The van der Waals surface area contributed by atoms with Gasteiger partial charge in [0.05, 0.1) is 29.2 Å². The predicted molar refractivity (Wildman–Crippen MR) is 114 cm³/mol. The van der Waals surface area contributed by atoms with Gasteiger partial charge in [0.2, 0.25) is 0 Å². The normalized spacial score (nSPS) is 13.5. The Bertz CT molecular complexity index is 1160. The average molecular weight is 416 g/mol. The van der Waals surface area contributed by atoms with Crippen LogP contribution in [0, 0.1) is 11.3 Å². The first-order valence-electron chi connectivity index (χ1n) is 9.68. The summed E-state index contributed by atoms with van der Waals surface area (Å²) in [5, 5.41) is 19.1. The first-order valence-corrected chi connectivity index (χ1v) is 9.68. The molecule has 0 unspecified atom stereocenters. The molecule has 10 nitrogen and oxygen atoms in total. The van der Waals surface area contributed by atoms with E-state index in [1.165, 1.54) is 29.2 Å². The van der Waals surface area contributed by atoms with E-state index in [1.54, 1.807) is 0 Å². The number of hydrogen-bond acceptors (Lipinski definition) is 7. The standard InChI is InChI=1S/C21H20N8O2/c22-12-14-5-6-25-17(11-14)21(31)26-18-13-29(27-19(18)20(23)30)16-3-1-15(2-4-16)28-9-7-24-8-10-28/h1-6,11,13,24H,7-10H2,(H2,23,30)(H,26,31). The molecule has 0 aliphatic carbocycles. The van der Waals surface area contributed by atoms with Gasteiger partial charge in [-0.25, -0.2) is 4.68 Å². The van der Waals surface area contributed by atoms with Gasteiger partial charge in [0.15, 0.2) is 5.69 Å². The molecule has 1 saturated heterocycles. The second-order valence-corrected chi connectivity index (χ2v) is 6.95. The number of pyridine rings is 1. The molecule has 0 atom stereocenters. The van der Waals surface area contributed by atoms with Crippen LogP contribution in [0.5, 0.6) is 0 Å². The highest BCUT2D eigenvalue weighted by Crippen LogP contribution is 2.21. The number of nitrogens with two attached hydrogens (primary N) is 1. The molecule has 156 valence electrons. The molecule has 0 bridgehead atoms. The zero-order valence-corrected chi connectivity index (χ0v) is 16.6.